The molecule has 0 radical (unpaired) electrons. The summed E-state index contributed by atoms with van der Waals surface area (Å²) in [6.45, 7) is 0.0188. The van der Waals surface area contributed by atoms with Gasteiger partial charge in [0.1, 0.15) is 6.10 Å². The van der Waals surface area contributed by atoms with Gasteiger partial charge in [0.2, 0.25) is 0 Å². The third-order valence-corrected chi connectivity index (χ3v) is 2.86. The molecule has 19 heavy (non-hydrogen) atoms. The molecule has 1 aromatic rings. The molecule has 7 nitrogen and oxygen atoms in total. The number of carboxylic acid groups (broad SMARTS) is 1. The first-order valence-electron chi connectivity index (χ1n) is 5.37. The number of rotatable bonds is 6. The minimum absolute atomic E-state index is 0.0188. The molecule has 8 heteroatoms. The Morgan fingerprint density at radius 3 is 2.74 bits per heavy atom. The van der Waals surface area contributed by atoms with E-state index in [0.717, 1.165) is 0 Å². The second-order valence-electron chi connectivity index (χ2n) is 3.80. The van der Waals surface area contributed by atoms with Crippen LogP contribution in [0.4, 0.5) is 0 Å². The normalized spacial score (nSPS) is 13.4. The Morgan fingerprint density at radius 1 is 1.47 bits per heavy atom. The average molecular weight is 286 g/mol. The highest BCUT2D eigenvalue weighted by Gasteiger charge is 2.21. The largest absolute Gasteiger partial charge is 0.478 e. The highest BCUT2D eigenvalue weighted by Crippen LogP contribution is 2.27. The summed E-state index contributed by atoms with van der Waals surface area (Å²) in [6, 6.07) is 3.84. The first kappa shape index (κ1) is 15.3. The summed E-state index contributed by atoms with van der Waals surface area (Å²) in [5, 5.41) is 31.9. The highest BCUT2D eigenvalue weighted by molar-refractivity contribution is 6.31. The quantitative estimate of drug-likeness (QED) is 0.420. The Balaban J connectivity index is 2.91. The van der Waals surface area contributed by atoms with Gasteiger partial charge in [0.05, 0.1) is 11.7 Å². The maximum Gasteiger partial charge on any atom is 0.335 e. The molecule has 0 saturated carbocycles. The van der Waals surface area contributed by atoms with E-state index in [0.29, 0.717) is 0 Å². The van der Waals surface area contributed by atoms with Crippen LogP contribution in [0.15, 0.2) is 23.3 Å². The van der Waals surface area contributed by atoms with Crippen LogP contribution >= 0.6 is 11.6 Å². The van der Waals surface area contributed by atoms with Crippen LogP contribution in [0, 0.1) is 0 Å². The lowest BCUT2D eigenvalue weighted by atomic mass is 10.00. The summed E-state index contributed by atoms with van der Waals surface area (Å²) in [5.74, 6) is -1.16. The molecule has 0 aromatic heterocycles. The fourth-order valence-electron chi connectivity index (χ4n) is 1.50. The summed E-state index contributed by atoms with van der Waals surface area (Å²) in [5.41, 5.74) is 8.18. The Hall–Kier alpha value is -1.79. The number of nitrogens with zero attached hydrogens (tertiary/aromatic N) is 3. The highest BCUT2D eigenvalue weighted by atomic mass is 35.5. The van der Waals surface area contributed by atoms with E-state index in [9.17, 15) is 15.0 Å². The Morgan fingerprint density at radius 2 is 2.16 bits per heavy atom. The molecule has 0 aliphatic heterocycles. The van der Waals surface area contributed by atoms with Gasteiger partial charge in [-0.15, -0.1) is 0 Å². The van der Waals surface area contributed by atoms with Crippen LogP contribution in [-0.2, 0) is 0 Å². The number of hydrogen-bond acceptors (Lipinski definition) is 4. The molecule has 0 fully saturated rings. The van der Waals surface area contributed by atoms with E-state index in [4.69, 9.17) is 22.2 Å². The standard InChI is InChI=1S/C11H12ClN3O4/c12-8-2-1-6(11(18)19)5-7(8)10(17)9(16)3-4-14-15-13/h1-2,5,9-10,16-17H,3-4H2,(H,18,19). The monoisotopic (exact) mass is 285 g/mol. The van der Waals surface area contributed by atoms with Crippen molar-refractivity contribution in [3.05, 3.63) is 44.8 Å². The molecule has 0 amide bonds. The average Bonchev–Trinajstić information content (AvgIpc) is 2.38. The number of hydrogen-bond donors (Lipinski definition) is 3. The van der Waals surface area contributed by atoms with E-state index >= 15 is 0 Å². The van der Waals surface area contributed by atoms with E-state index in [-0.39, 0.29) is 29.1 Å². The number of aliphatic hydroxyl groups excluding tert-OH is 2. The molecule has 2 atom stereocenters. The SMILES string of the molecule is [N-]=[N+]=NCCC(O)C(O)c1cc(C(=O)O)ccc1Cl. The minimum Gasteiger partial charge on any atom is -0.478 e. The Labute approximate surface area is 113 Å². The van der Waals surface area contributed by atoms with Crippen LogP contribution in [0.2, 0.25) is 5.02 Å². The van der Waals surface area contributed by atoms with E-state index in [1.54, 1.807) is 0 Å². The van der Waals surface area contributed by atoms with Gasteiger partial charge in [0.25, 0.3) is 0 Å². The van der Waals surface area contributed by atoms with Crippen molar-refractivity contribution in [2.45, 2.75) is 18.6 Å². The van der Waals surface area contributed by atoms with Gasteiger partial charge in [-0.3, -0.25) is 0 Å². The molecular formula is C11H12ClN3O4. The molecule has 2 unspecified atom stereocenters. The zero-order valence-electron chi connectivity index (χ0n) is 9.77. The molecule has 0 heterocycles. The molecule has 102 valence electrons. The van der Waals surface area contributed by atoms with Crippen molar-refractivity contribution >= 4 is 17.6 Å². The number of carboxylic acids is 1. The van der Waals surface area contributed by atoms with Crippen LogP contribution in [0.3, 0.4) is 0 Å². The minimum atomic E-state index is -1.35. The lowest BCUT2D eigenvalue weighted by molar-refractivity contribution is 0.0150. The fourth-order valence-corrected chi connectivity index (χ4v) is 1.73. The number of halogens is 1. The van der Waals surface area contributed by atoms with Gasteiger partial charge >= 0.3 is 5.97 Å². The summed E-state index contributed by atoms with van der Waals surface area (Å²) in [7, 11) is 0. The maximum atomic E-state index is 10.8. The van der Waals surface area contributed by atoms with Gasteiger partial charge in [-0.05, 0) is 30.2 Å². The molecule has 1 rings (SSSR count). The molecular weight excluding hydrogens is 274 g/mol. The molecule has 3 N–H and O–H groups in total. The van der Waals surface area contributed by atoms with Crippen molar-refractivity contribution in [1.82, 2.24) is 0 Å². The van der Waals surface area contributed by atoms with Crippen molar-refractivity contribution in [2.24, 2.45) is 5.11 Å². The predicted molar refractivity (Wildman–Crippen MR) is 68.0 cm³/mol. The van der Waals surface area contributed by atoms with Crippen LogP contribution < -0.4 is 0 Å². The first-order valence-corrected chi connectivity index (χ1v) is 5.75. The third-order valence-electron chi connectivity index (χ3n) is 2.51. The second kappa shape index (κ2) is 6.96. The van der Waals surface area contributed by atoms with Crippen molar-refractivity contribution in [1.29, 1.82) is 0 Å². The maximum absolute atomic E-state index is 10.8. The zero-order valence-corrected chi connectivity index (χ0v) is 10.5. The van der Waals surface area contributed by atoms with Crippen LogP contribution in [0.5, 0.6) is 0 Å². The summed E-state index contributed by atoms with van der Waals surface area (Å²) in [4.78, 5) is 13.3. The van der Waals surface area contributed by atoms with Crippen molar-refractivity contribution in [2.75, 3.05) is 6.54 Å². The molecule has 0 aliphatic carbocycles. The summed E-state index contributed by atoms with van der Waals surface area (Å²) >= 11 is 5.86. The van der Waals surface area contributed by atoms with Gasteiger partial charge in [0.15, 0.2) is 0 Å². The van der Waals surface area contributed by atoms with Gasteiger partial charge < -0.3 is 15.3 Å². The summed E-state index contributed by atoms with van der Waals surface area (Å²) < 4.78 is 0. The van der Waals surface area contributed by atoms with E-state index in [1.807, 2.05) is 0 Å². The third kappa shape index (κ3) is 4.11. The number of benzene rings is 1. The van der Waals surface area contributed by atoms with E-state index in [2.05, 4.69) is 10.0 Å². The van der Waals surface area contributed by atoms with Crippen molar-refractivity contribution in [3.63, 3.8) is 0 Å². The van der Waals surface area contributed by atoms with E-state index < -0.39 is 18.2 Å². The summed E-state index contributed by atoms with van der Waals surface area (Å²) in [6.07, 6.45) is -2.51. The Kier molecular flexibility index (Phi) is 5.59. The molecule has 0 saturated heterocycles. The first-order chi connectivity index (χ1) is 8.97. The van der Waals surface area contributed by atoms with Gasteiger partial charge in [-0.1, -0.05) is 16.7 Å². The molecule has 0 aliphatic rings. The second-order valence-corrected chi connectivity index (χ2v) is 4.20. The number of carbonyl (C=O) groups is 1. The number of azide groups is 1. The molecule has 1 aromatic carbocycles. The number of aromatic carboxylic acids is 1. The molecule has 0 bridgehead atoms. The fraction of sp³-hybridized carbons (Fsp3) is 0.364. The Bertz CT molecular complexity index is 517. The zero-order chi connectivity index (χ0) is 14.4. The predicted octanol–water partition coefficient (Wildman–Crippen LogP) is 2.13. The lowest BCUT2D eigenvalue weighted by Gasteiger charge is -2.18. The smallest absolute Gasteiger partial charge is 0.335 e. The van der Waals surface area contributed by atoms with Gasteiger partial charge in [0, 0.05) is 22.0 Å². The molecule has 0 spiro atoms. The van der Waals surface area contributed by atoms with Gasteiger partial charge in [-0.2, -0.15) is 0 Å². The van der Waals surface area contributed by atoms with Crippen molar-refractivity contribution in [3.8, 4) is 0 Å². The number of aliphatic hydroxyl groups is 2. The van der Waals surface area contributed by atoms with Gasteiger partial charge in [-0.25, -0.2) is 4.79 Å². The van der Waals surface area contributed by atoms with Crippen LogP contribution in [0.25, 0.3) is 10.4 Å². The lowest BCUT2D eigenvalue weighted by Crippen LogP contribution is -2.20. The van der Waals surface area contributed by atoms with Crippen LogP contribution in [0.1, 0.15) is 28.4 Å². The van der Waals surface area contributed by atoms with E-state index in [1.165, 1.54) is 18.2 Å². The van der Waals surface area contributed by atoms with Crippen molar-refractivity contribution < 1.29 is 20.1 Å². The van der Waals surface area contributed by atoms with Crippen LogP contribution in [-0.4, -0.2) is 33.9 Å². The topological polar surface area (TPSA) is 127 Å².